The molecule has 0 unspecified atom stereocenters. The molecule has 0 aliphatic heterocycles. The van der Waals surface area contributed by atoms with Crippen LogP contribution in [0.25, 0.3) is 0 Å². The third kappa shape index (κ3) is 4.98. The Morgan fingerprint density at radius 3 is 2.86 bits per heavy atom. The van der Waals surface area contributed by atoms with Gasteiger partial charge in [0.15, 0.2) is 0 Å². The molecule has 7 heavy (non-hydrogen) atoms. The van der Waals surface area contributed by atoms with Gasteiger partial charge < -0.3 is 0 Å². The Balaban J connectivity index is 3.30. The minimum absolute atomic E-state index is 0.324. The summed E-state index contributed by atoms with van der Waals surface area (Å²) in [4.78, 5) is 3.20. The SMILES string of the molecule is [B]=NCC#CC#C. The second kappa shape index (κ2) is 4.98. The fourth-order valence-corrected chi connectivity index (χ4v) is 0.136. The first kappa shape index (κ1) is 5.98. The maximum atomic E-state index is 4.76. The molecular formula is C5H3BN. The Labute approximate surface area is 44.2 Å². The first-order chi connectivity index (χ1) is 3.41. The van der Waals surface area contributed by atoms with Gasteiger partial charge in [-0.15, -0.1) is 0 Å². The van der Waals surface area contributed by atoms with Crippen LogP contribution in [0.3, 0.4) is 0 Å². The van der Waals surface area contributed by atoms with Crippen LogP contribution in [0.4, 0.5) is 0 Å². The second-order valence-electron chi connectivity index (χ2n) is 0.787. The van der Waals surface area contributed by atoms with E-state index in [1.165, 1.54) is 0 Å². The van der Waals surface area contributed by atoms with E-state index in [-0.39, 0.29) is 0 Å². The van der Waals surface area contributed by atoms with E-state index in [1.807, 2.05) is 0 Å². The molecule has 0 amide bonds. The first-order valence-electron chi connectivity index (χ1n) is 1.72. The summed E-state index contributed by atoms with van der Waals surface area (Å²) in [6.45, 7) is 0.324. The van der Waals surface area contributed by atoms with Gasteiger partial charge in [-0.3, -0.25) is 0 Å². The molecule has 0 aliphatic carbocycles. The average molecular weight is 87.9 g/mol. The zero-order chi connectivity index (χ0) is 5.54. The normalized spacial score (nSPS) is 4.86. The molecule has 0 aromatic carbocycles. The fraction of sp³-hybridized carbons (Fsp3) is 0.200. The van der Waals surface area contributed by atoms with Crippen LogP contribution in [0.15, 0.2) is 4.90 Å². The summed E-state index contributed by atoms with van der Waals surface area (Å²) in [5, 5.41) is 0. The molecule has 0 saturated heterocycles. The number of rotatable bonds is 1. The Kier molecular flexibility index (Phi) is 4.26. The third-order valence-corrected chi connectivity index (χ3v) is 0.331. The van der Waals surface area contributed by atoms with Crippen molar-refractivity contribution in [3.63, 3.8) is 0 Å². The van der Waals surface area contributed by atoms with E-state index >= 15 is 0 Å². The molecule has 0 heterocycles. The first-order valence-corrected chi connectivity index (χ1v) is 1.72. The van der Waals surface area contributed by atoms with Gasteiger partial charge in [0.1, 0.15) is 0 Å². The molecule has 0 spiro atoms. The van der Waals surface area contributed by atoms with E-state index < -0.39 is 0 Å². The van der Waals surface area contributed by atoms with Crippen LogP contribution in [0.1, 0.15) is 0 Å². The minimum atomic E-state index is 0.324. The Bertz CT molecular complexity index is 144. The molecule has 0 bridgehead atoms. The van der Waals surface area contributed by atoms with E-state index in [9.17, 15) is 0 Å². The third-order valence-electron chi connectivity index (χ3n) is 0.331. The molecule has 0 aromatic rings. The predicted molar refractivity (Wildman–Crippen MR) is 29.7 cm³/mol. The monoisotopic (exact) mass is 88.0 g/mol. The molecule has 1 radical (unpaired) electrons. The van der Waals surface area contributed by atoms with Crippen LogP contribution in [0.2, 0.25) is 0 Å². The van der Waals surface area contributed by atoms with E-state index in [4.69, 9.17) is 14.1 Å². The molecule has 0 rings (SSSR count). The van der Waals surface area contributed by atoms with Crippen molar-refractivity contribution in [1.82, 2.24) is 0 Å². The van der Waals surface area contributed by atoms with Gasteiger partial charge in [0.2, 0.25) is 0 Å². The maximum absolute atomic E-state index is 4.76. The van der Waals surface area contributed by atoms with Crippen LogP contribution in [-0.2, 0) is 0 Å². The average Bonchev–Trinajstić information content (AvgIpc) is 1.69. The van der Waals surface area contributed by atoms with Crippen LogP contribution >= 0.6 is 0 Å². The molecule has 2 heteroatoms. The summed E-state index contributed by atoms with van der Waals surface area (Å²) in [6.07, 6.45) is 4.76. The topological polar surface area (TPSA) is 12.4 Å². The van der Waals surface area contributed by atoms with Gasteiger partial charge in [-0.25, -0.2) is 0 Å². The summed E-state index contributed by atoms with van der Waals surface area (Å²) in [7, 11) is 4.72. The van der Waals surface area contributed by atoms with Crippen molar-refractivity contribution in [1.29, 1.82) is 0 Å². The fourth-order valence-electron chi connectivity index (χ4n) is 0.136. The summed E-state index contributed by atoms with van der Waals surface area (Å²) in [5.74, 6) is 6.99. The van der Waals surface area contributed by atoms with Gasteiger partial charge in [-0.2, -0.15) is 0 Å². The van der Waals surface area contributed by atoms with Gasteiger partial charge >= 0.3 is 43.3 Å². The standard InChI is InChI=1S/C5H3BN/c1-2-3-4-5-7-6/h1H,5H2. The number of hydrogen-bond acceptors (Lipinski definition) is 1. The molecule has 0 saturated carbocycles. The molecule has 0 fully saturated rings. The van der Waals surface area contributed by atoms with E-state index in [0.29, 0.717) is 6.54 Å². The summed E-state index contributed by atoms with van der Waals surface area (Å²) < 4.78 is 0. The van der Waals surface area contributed by atoms with Crippen LogP contribution in [-0.4, -0.2) is 14.2 Å². The van der Waals surface area contributed by atoms with Gasteiger partial charge in [0.05, 0.1) is 0 Å². The zero-order valence-electron chi connectivity index (χ0n) is 3.81. The van der Waals surface area contributed by atoms with Crippen molar-refractivity contribution in [3.05, 3.63) is 0 Å². The molecule has 31 valence electrons. The van der Waals surface area contributed by atoms with Gasteiger partial charge in [-0.1, -0.05) is 0 Å². The Morgan fingerprint density at radius 1 is 1.71 bits per heavy atom. The van der Waals surface area contributed by atoms with Crippen molar-refractivity contribution >= 4 is 7.64 Å². The number of nitrogens with zero attached hydrogens (tertiary/aromatic N) is 1. The van der Waals surface area contributed by atoms with Crippen molar-refractivity contribution in [2.45, 2.75) is 0 Å². The second-order valence-corrected chi connectivity index (χ2v) is 0.787. The van der Waals surface area contributed by atoms with Gasteiger partial charge in [-0.05, 0) is 0 Å². The molecule has 1 nitrogen and oxygen atoms in total. The van der Waals surface area contributed by atoms with E-state index in [1.54, 1.807) is 0 Å². The molecule has 0 N–H and O–H groups in total. The van der Waals surface area contributed by atoms with Crippen molar-refractivity contribution in [2.75, 3.05) is 6.54 Å². The number of terminal acetylenes is 1. The summed E-state index contributed by atoms with van der Waals surface area (Å²) >= 11 is 0. The molecular weight excluding hydrogens is 84.9 g/mol. The van der Waals surface area contributed by atoms with Crippen LogP contribution in [0.5, 0.6) is 0 Å². The quantitative estimate of drug-likeness (QED) is 0.315. The molecule has 0 atom stereocenters. The van der Waals surface area contributed by atoms with E-state index in [2.05, 4.69) is 22.7 Å². The van der Waals surface area contributed by atoms with Crippen LogP contribution < -0.4 is 0 Å². The Morgan fingerprint density at radius 2 is 2.43 bits per heavy atom. The van der Waals surface area contributed by atoms with Crippen LogP contribution in [0, 0.1) is 24.2 Å². The van der Waals surface area contributed by atoms with Gasteiger partial charge in [0, 0.05) is 0 Å². The van der Waals surface area contributed by atoms with Crippen molar-refractivity contribution in [2.24, 2.45) is 4.90 Å². The van der Waals surface area contributed by atoms with Crippen molar-refractivity contribution in [3.8, 4) is 24.2 Å². The van der Waals surface area contributed by atoms with Crippen molar-refractivity contribution < 1.29 is 0 Å². The molecule has 0 aliphatic rings. The number of hydrogen-bond donors (Lipinski definition) is 0. The summed E-state index contributed by atoms with van der Waals surface area (Å²) in [6, 6.07) is 0. The Hall–Kier alpha value is -1.02. The predicted octanol–water partition coefficient (Wildman–Crippen LogP) is -0.0249. The van der Waals surface area contributed by atoms with Gasteiger partial charge in [0.25, 0.3) is 0 Å². The summed E-state index contributed by atoms with van der Waals surface area (Å²) in [5.41, 5.74) is 0. The zero-order valence-corrected chi connectivity index (χ0v) is 3.81. The van der Waals surface area contributed by atoms with E-state index in [0.717, 1.165) is 0 Å². The molecule has 0 aromatic heterocycles.